The van der Waals surface area contributed by atoms with Crippen LogP contribution in [0.25, 0.3) is 0 Å². The number of hydrogen-bond donors (Lipinski definition) is 1. The van der Waals surface area contributed by atoms with Gasteiger partial charge in [0.25, 0.3) is 0 Å². The van der Waals surface area contributed by atoms with Gasteiger partial charge in [0.2, 0.25) is 0 Å². The van der Waals surface area contributed by atoms with Gasteiger partial charge in [-0.25, -0.2) is 9.59 Å². The van der Waals surface area contributed by atoms with E-state index in [0.29, 0.717) is 43.4 Å². The number of piperidine rings is 1. The van der Waals surface area contributed by atoms with Crippen LogP contribution in [0.2, 0.25) is 0 Å². The van der Waals surface area contributed by atoms with Crippen LogP contribution in [0.5, 0.6) is 0 Å². The predicted molar refractivity (Wildman–Crippen MR) is 134 cm³/mol. The van der Waals surface area contributed by atoms with E-state index < -0.39 is 12.0 Å². The smallest absolute Gasteiger partial charge is 0.338 e. The quantitative estimate of drug-likeness (QED) is 0.532. The first-order valence-electron chi connectivity index (χ1n) is 12.8. The highest BCUT2D eigenvalue weighted by atomic mass is 16.5. The second-order valence-electron chi connectivity index (χ2n) is 9.36. The largest absolute Gasteiger partial charge is 0.466 e. The summed E-state index contributed by atoms with van der Waals surface area (Å²) in [5.41, 5.74) is 3.11. The Kier molecular flexibility index (Phi) is 9.32. The molecule has 2 heterocycles. The Labute approximate surface area is 208 Å². The normalized spacial score (nSPS) is 21.2. The van der Waals surface area contributed by atoms with Gasteiger partial charge in [0.15, 0.2) is 0 Å². The summed E-state index contributed by atoms with van der Waals surface area (Å²) in [4.78, 5) is 42.6. The number of carbonyl (C=O) groups is 3. The number of nitrogens with one attached hydrogen (secondary N) is 1. The average Bonchev–Trinajstić information content (AvgIpc) is 2.84. The van der Waals surface area contributed by atoms with Gasteiger partial charge in [-0.05, 0) is 57.2 Å². The molecule has 2 atom stereocenters. The van der Waals surface area contributed by atoms with Gasteiger partial charge in [-0.15, -0.1) is 0 Å². The number of carbonyl (C=O) groups excluding carboxylic acids is 3. The number of likely N-dealkylation sites (N-methyl/N-ethyl adjacent to an activating group) is 1. The van der Waals surface area contributed by atoms with E-state index in [1.165, 1.54) is 5.56 Å². The summed E-state index contributed by atoms with van der Waals surface area (Å²) in [5, 5.41) is 3.02. The van der Waals surface area contributed by atoms with Crippen LogP contribution >= 0.6 is 0 Å². The number of likely N-dealkylation sites (tertiary alicyclic amines) is 1. The van der Waals surface area contributed by atoms with Gasteiger partial charge in [-0.3, -0.25) is 14.6 Å². The number of nitrogens with zero attached hydrogens (tertiary/aromatic N) is 2. The van der Waals surface area contributed by atoms with Gasteiger partial charge >= 0.3 is 18.0 Å². The van der Waals surface area contributed by atoms with Gasteiger partial charge in [0.1, 0.15) is 0 Å². The number of rotatable bonds is 9. The van der Waals surface area contributed by atoms with Crippen molar-refractivity contribution in [2.24, 2.45) is 5.92 Å². The van der Waals surface area contributed by atoms with Crippen LogP contribution in [0.4, 0.5) is 4.79 Å². The Balaban J connectivity index is 2.00. The second-order valence-corrected chi connectivity index (χ2v) is 9.36. The van der Waals surface area contributed by atoms with Crippen molar-refractivity contribution < 1.29 is 23.9 Å². The molecular formula is C27H39N3O5. The maximum atomic E-state index is 13.3. The summed E-state index contributed by atoms with van der Waals surface area (Å²) in [6.07, 6.45) is 1.63. The minimum atomic E-state index is -0.605. The number of amides is 2. The lowest BCUT2D eigenvalue weighted by Gasteiger charge is -2.39. The molecule has 8 nitrogen and oxygen atoms in total. The third-order valence-corrected chi connectivity index (χ3v) is 6.69. The van der Waals surface area contributed by atoms with Crippen LogP contribution < -0.4 is 5.32 Å². The zero-order chi connectivity index (χ0) is 25.5. The molecule has 192 valence electrons. The summed E-state index contributed by atoms with van der Waals surface area (Å²) in [6.45, 7) is 12.4. The van der Waals surface area contributed by atoms with E-state index >= 15 is 0 Å². The molecule has 0 radical (unpaired) electrons. The van der Waals surface area contributed by atoms with Gasteiger partial charge in [-0.2, -0.15) is 0 Å². The fourth-order valence-electron chi connectivity index (χ4n) is 4.84. The van der Waals surface area contributed by atoms with E-state index in [1.54, 1.807) is 11.8 Å². The molecular weight excluding hydrogens is 446 g/mol. The molecule has 2 aliphatic heterocycles. The molecule has 1 saturated heterocycles. The van der Waals surface area contributed by atoms with E-state index in [2.05, 4.69) is 24.1 Å². The van der Waals surface area contributed by atoms with Crippen LogP contribution in [-0.2, 0) is 19.1 Å². The molecule has 1 aromatic rings. The molecule has 0 unspecified atom stereocenters. The molecule has 3 rings (SSSR count). The SMILES string of the molecule is CCOC(=O)C1=C(CN2CCC[C@H](C(=O)OCC)C2)N(CC)C(=O)N[C@@H]1c1ccc(C(C)C)cc1. The first-order chi connectivity index (χ1) is 16.8. The van der Waals surface area contributed by atoms with Crippen molar-refractivity contribution >= 4 is 18.0 Å². The molecule has 8 heteroatoms. The molecule has 0 bridgehead atoms. The molecule has 1 fully saturated rings. The van der Waals surface area contributed by atoms with Crippen LogP contribution in [0.3, 0.4) is 0 Å². The molecule has 0 spiro atoms. The third-order valence-electron chi connectivity index (χ3n) is 6.69. The van der Waals surface area contributed by atoms with Gasteiger partial charge in [0, 0.05) is 25.3 Å². The summed E-state index contributed by atoms with van der Waals surface area (Å²) in [6, 6.07) is 7.16. The van der Waals surface area contributed by atoms with Crippen molar-refractivity contribution in [1.82, 2.24) is 15.1 Å². The minimum Gasteiger partial charge on any atom is -0.466 e. The number of hydrogen-bond acceptors (Lipinski definition) is 6. The lowest BCUT2D eigenvalue weighted by molar-refractivity contribution is -0.150. The topological polar surface area (TPSA) is 88.2 Å². The van der Waals surface area contributed by atoms with Gasteiger partial charge < -0.3 is 14.8 Å². The highest BCUT2D eigenvalue weighted by Crippen LogP contribution is 2.33. The lowest BCUT2D eigenvalue weighted by Crippen LogP contribution is -2.51. The third kappa shape index (κ3) is 6.23. The summed E-state index contributed by atoms with van der Waals surface area (Å²) in [7, 11) is 0. The fraction of sp³-hybridized carbons (Fsp3) is 0.593. The summed E-state index contributed by atoms with van der Waals surface area (Å²) in [5.74, 6) is -0.448. The lowest BCUT2D eigenvalue weighted by atomic mass is 9.91. The summed E-state index contributed by atoms with van der Waals surface area (Å²) < 4.78 is 10.7. The first kappa shape index (κ1) is 26.7. The number of benzene rings is 1. The van der Waals surface area contributed by atoms with Crippen molar-refractivity contribution in [2.75, 3.05) is 39.4 Å². The Bertz CT molecular complexity index is 941. The molecule has 0 aliphatic carbocycles. The van der Waals surface area contributed by atoms with E-state index in [1.807, 2.05) is 38.1 Å². The average molecular weight is 486 g/mol. The molecule has 2 amide bonds. The molecule has 1 N–H and O–H groups in total. The predicted octanol–water partition coefficient (Wildman–Crippen LogP) is 3.99. The van der Waals surface area contributed by atoms with E-state index in [4.69, 9.17) is 9.47 Å². The number of esters is 2. The van der Waals surface area contributed by atoms with Gasteiger partial charge in [0.05, 0.1) is 30.7 Å². The highest BCUT2D eigenvalue weighted by molar-refractivity contribution is 5.95. The maximum Gasteiger partial charge on any atom is 0.338 e. The Morgan fingerprint density at radius 3 is 2.37 bits per heavy atom. The monoisotopic (exact) mass is 485 g/mol. The van der Waals surface area contributed by atoms with Crippen LogP contribution in [0.15, 0.2) is 35.5 Å². The molecule has 0 aromatic heterocycles. The number of urea groups is 1. The van der Waals surface area contributed by atoms with Crippen molar-refractivity contribution in [2.45, 2.75) is 59.4 Å². The first-order valence-corrected chi connectivity index (χ1v) is 12.8. The molecule has 1 aromatic carbocycles. The van der Waals surface area contributed by atoms with Crippen molar-refractivity contribution in [1.29, 1.82) is 0 Å². The second kappa shape index (κ2) is 12.2. The molecule has 0 saturated carbocycles. The Morgan fingerprint density at radius 2 is 1.77 bits per heavy atom. The van der Waals surface area contributed by atoms with Crippen molar-refractivity contribution in [3.63, 3.8) is 0 Å². The standard InChI is InChI=1S/C27H39N3O5/c1-6-30-22(17-29-15-9-10-21(16-29)25(31)34-7-2)23(26(32)35-8-3)24(28-27(30)33)20-13-11-19(12-14-20)18(4)5/h11-14,18,21,24H,6-10,15-17H2,1-5H3,(H,28,33)/t21-,24+/m0/s1. The minimum absolute atomic E-state index is 0.186. The van der Waals surface area contributed by atoms with E-state index in [9.17, 15) is 14.4 Å². The van der Waals surface area contributed by atoms with Gasteiger partial charge in [-0.1, -0.05) is 38.1 Å². The van der Waals surface area contributed by atoms with Crippen LogP contribution in [-0.4, -0.2) is 67.2 Å². The fourth-order valence-corrected chi connectivity index (χ4v) is 4.84. The zero-order valence-corrected chi connectivity index (χ0v) is 21.6. The van der Waals surface area contributed by atoms with E-state index in [-0.39, 0.29) is 24.5 Å². The molecule has 35 heavy (non-hydrogen) atoms. The maximum absolute atomic E-state index is 13.3. The molecule has 2 aliphatic rings. The number of ether oxygens (including phenoxy) is 2. The van der Waals surface area contributed by atoms with Crippen LogP contribution in [0, 0.1) is 5.92 Å². The summed E-state index contributed by atoms with van der Waals surface area (Å²) >= 11 is 0. The van der Waals surface area contributed by atoms with Crippen molar-refractivity contribution in [3.8, 4) is 0 Å². The van der Waals surface area contributed by atoms with E-state index in [0.717, 1.165) is 24.9 Å². The highest BCUT2D eigenvalue weighted by Gasteiger charge is 2.39. The zero-order valence-electron chi connectivity index (χ0n) is 21.6. The Morgan fingerprint density at radius 1 is 1.09 bits per heavy atom. The Hall–Kier alpha value is -2.87. The van der Waals surface area contributed by atoms with Crippen molar-refractivity contribution in [3.05, 3.63) is 46.7 Å². The van der Waals surface area contributed by atoms with Crippen LogP contribution in [0.1, 0.15) is 70.5 Å².